The molecule has 3 N–H and O–H groups in total. The second-order valence-electron chi connectivity index (χ2n) is 10.7. The van der Waals surface area contributed by atoms with E-state index in [1.807, 2.05) is 0 Å². The molecule has 1 heterocycles. The molecule has 1 aliphatic heterocycles. The lowest BCUT2D eigenvalue weighted by Crippen LogP contribution is -2.40. The molecule has 37 heavy (non-hydrogen) atoms. The molecule has 2 aromatic carbocycles. The monoisotopic (exact) mass is 511 g/mol. The predicted molar refractivity (Wildman–Crippen MR) is 139 cm³/mol. The van der Waals surface area contributed by atoms with Gasteiger partial charge in [-0.25, -0.2) is 9.18 Å². The summed E-state index contributed by atoms with van der Waals surface area (Å²) in [6.45, 7) is 5.12. The van der Waals surface area contributed by atoms with Crippen molar-refractivity contribution >= 4 is 29.1 Å². The maximum absolute atomic E-state index is 15.5. The Balaban J connectivity index is 1.46. The van der Waals surface area contributed by atoms with Crippen LogP contribution in [0.1, 0.15) is 63.9 Å². The molecule has 0 unspecified atom stereocenters. The van der Waals surface area contributed by atoms with Gasteiger partial charge >= 0.3 is 12.0 Å². The first kappa shape index (κ1) is 25.2. The second kappa shape index (κ2) is 10.5. The molecule has 198 valence electrons. The normalized spacial score (nSPS) is 20.5. The van der Waals surface area contributed by atoms with E-state index in [0.29, 0.717) is 46.5 Å². The van der Waals surface area contributed by atoms with Gasteiger partial charge in [0, 0.05) is 30.3 Å². The van der Waals surface area contributed by atoms with Gasteiger partial charge in [-0.1, -0.05) is 33.1 Å². The van der Waals surface area contributed by atoms with Gasteiger partial charge in [-0.2, -0.15) is 0 Å². The van der Waals surface area contributed by atoms with Crippen LogP contribution in [0.25, 0.3) is 0 Å². The fraction of sp³-hybridized carbons (Fsp3) is 0.500. The molecule has 2 fully saturated rings. The first-order valence-corrected chi connectivity index (χ1v) is 13.1. The van der Waals surface area contributed by atoms with Crippen LogP contribution in [0.3, 0.4) is 0 Å². The number of ether oxygens (including phenoxy) is 2. The summed E-state index contributed by atoms with van der Waals surface area (Å²) in [5.41, 5.74) is 1.99. The van der Waals surface area contributed by atoms with Gasteiger partial charge in [0.15, 0.2) is 11.5 Å². The van der Waals surface area contributed by atoms with E-state index in [4.69, 9.17) is 9.47 Å². The quantitative estimate of drug-likeness (QED) is 0.391. The number of anilines is 3. The molecule has 5 rings (SSSR count). The number of amides is 2. The molecule has 8 nitrogen and oxygen atoms in total. The molecule has 2 aliphatic carbocycles. The average molecular weight is 512 g/mol. The van der Waals surface area contributed by atoms with Crippen molar-refractivity contribution < 1.29 is 28.6 Å². The number of halogens is 1. The first-order chi connectivity index (χ1) is 17.8. The zero-order valence-corrected chi connectivity index (χ0v) is 21.3. The molecule has 2 saturated carbocycles. The largest absolute Gasteiger partial charge is 0.481 e. The summed E-state index contributed by atoms with van der Waals surface area (Å²) in [6.07, 6.45) is 5.86. The molecule has 3 aliphatic rings. The summed E-state index contributed by atoms with van der Waals surface area (Å²) >= 11 is 0. The number of rotatable bonds is 8. The summed E-state index contributed by atoms with van der Waals surface area (Å²) in [7, 11) is 0. The lowest BCUT2D eigenvalue weighted by Gasteiger charge is -2.38. The number of carboxylic acid groups (broad SMARTS) is 1. The molecule has 0 bridgehead atoms. The lowest BCUT2D eigenvalue weighted by molar-refractivity contribution is -0.138. The number of carbonyl (C=O) groups is 2. The van der Waals surface area contributed by atoms with E-state index in [0.717, 1.165) is 32.2 Å². The Morgan fingerprint density at radius 2 is 1.84 bits per heavy atom. The number of aliphatic carboxylic acids is 1. The summed E-state index contributed by atoms with van der Waals surface area (Å²) in [4.78, 5) is 26.8. The topological polar surface area (TPSA) is 100 Å². The van der Waals surface area contributed by atoms with Crippen LogP contribution >= 0.6 is 0 Å². The maximum atomic E-state index is 15.5. The van der Waals surface area contributed by atoms with Gasteiger partial charge in [0.2, 0.25) is 6.79 Å². The van der Waals surface area contributed by atoms with Crippen LogP contribution in [0, 0.1) is 17.7 Å². The summed E-state index contributed by atoms with van der Waals surface area (Å²) in [6, 6.07) is 8.04. The van der Waals surface area contributed by atoms with Crippen molar-refractivity contribution in [2.45, 2.75) is 64.3 Å². The van der Waals surface area contributed by atoms with Gasteiger partial charge in [-0.05, 0) is 55.0 Å². The van der Waals surface area contributed by atoms with Crippen LogP contribution in [0.5, 0.6) is 11.5 Å². The molecule has 2 atom stereocenters. The van der Waals surface area contributed by atoms with Crippen LogP contribution in [0.2, 0.25) is 0 Å². The van der Waals surface area contributed by atoms with Gasteiger partial charge in [-0.15, -0.1) is 0 Å². The van der Waals surface area contributed by atoms with Crippen molar-refractivity contribution in [1.29, 1.82) is 0 Å². The SMILES string of the molecule is CC(C)CN(c1cc(F)c([C@@H]2C[C@@H]2C(=O)O)cc1NC(=O)Nc1ccc2c(c1)OCO2)C1CCCCC1. The van der Waals surface area contributed by atoms with Crippen molar-refractivity contribution in [2.75, 3.05) is 28.9 Å². The fourth-order valence-corrected chi connectivity index (χ4v) is 5.50. The lowest BCUT2D eigenvalue weighted by atomic mass is 9.92. The number of urea groups is 1. The van der Waals surface area contributed by atoms with E-state index in [1.54, 1.807) is 24.3 Å². The van der Waals surface area contributed by atoms with E-state index in [1.165, 1.54) is 12.5 Å². The summed E-state index contributed by atoms with van der Waals surface area (Å²) < 4.78 is 26.2. The molecule has 0 saturated heterocycles. The highest BCUT2D eigenvalue weighted by molar-refractivity contribution is 6.02. The van der Waals surface area contributed by atoms with Crippen molar-refractivity contribution in [3.8, 4) is 11.5 Å². The first-order valence-electron chi connectivity index (χ1n) is 13.1. The van der Waals surface area contributed by atoms with Gasteiger partial charge in [0.25, 0.3) is 0 Å². The van der Waals surface area contributed by atoms with E-state index >= 15 is 4.39 Å². The van der Waals surface area contributed by atoms with Crippen molar-refractivity contribution in [2.24, 2.45) is 11.8 Å². The number of benzene rings is 2. The fourth-order valence-electron chi connectivity index (χ4n) is 5.50. The smallest absolute Gasteiger partial charge is 0.323 e. The number of hydrogen-bond acceptors (Lipinski definition) is 5. The molecule has 0 aromatic heterocycles. The summed E-state index contributed by atoms with van der Waals surface area (Å²) in [5.74, 6) is -0.831. The number of nitrogens with zero attached hydrogens (tertiary/aromatic N) is 1. The molecular weight excluding hydrogens is 477 g/mol. The zero-order chi connectivity index (χ0) is 26.1. The van der Waals surface area contributed by atoms with Gasteiger partial charge in [-0.3, -0.25) is 4.79 Å². The van der Waals surface area contributed by atoms with E-state index in [9.17, 15) is 14.7 Å². The molecule has 0 radical (unpaired) electrons. The average Bonchev–Trinajstić information content (AvgIpc) is 3.53. The van der Waals surface area contributed by atoms with Crippen LogP contribution in [0.4, 0.5) is 26.2 Å². The van der Waals surface area contributed by atoms with Gasteiger partial charge in [0.1, 0.15) is 5.82 Å². The number of nitrogens with one attached hydrogen (secondary N) is 2. The Bertz CT molecular complexity index is 1180. The molecule has 0 spiro atoms. The Morgan fingerprint density at radius 1 is 1.08 bits per heavy atom. The minimum Gasteiger partial charge on any atom is -0.481 e. The van der Waals surface area contributed by atoms with E-state index in [2.05, 4.69) is 29.4 Å². The van der Waals surface area contributed by atoms with Crippen LogP contribution < -0.4 is 25.0 Å². The third kappa shape index (κ3) is 5.60. The van der Waals surface area contributed by atoms with Crippen LogP contribution in [0.15, 0.2) is 30.3 Å². The molecule has 9 heteroatoms. The Kier molecular flexibility index (Phi) is 7.13. The highest BCUT2D eigenvalue weighted by atomic mass is 19.1. The third-order valence-corrected chi connectivity index (χ3v) is 7.39. The Hall–Kier alpha value is -3.49. The number of hydrogen-bond donors (Lipinski definition) is 3. The Labute approximate surface area is 216 Å². The minimum atomic E-state index is -0.924. The highest BCUT2D eigenvalue weighted by Gasteiger charge is 2.46. The molecule has 2 amide bonds. The van der Waals surface area contributed by atoms with Gasteiger partial charge in [0.05, 0.1) is 17.3 Å². The standard InChI is InChI=1S/C28H34FN3O5/c1-16(2)14-32(18-6-4-3-5-7-18)24-13-22(29)20(19-11-21(19)27(33)34)12-23(24)31-28(35)30-17-8-9-25-26(10-17)37-15-36-25/h8-10,12-13,16,18-19,21H,3-7,11,14-15H2,1-2H3,(H,33,34)(H2,30,31,35)/t19-,21-/m0/s1. The minimum absolute atomic E-state index is 0.137. The predicted octanol–water partition coefficient (Wildman–Crippen LogP) is 6.18. The van der Waals surface area contributed by atoms with Gasteiger partial charge < -0.3 is 30.1 Å². The molecular formula is C28H34FN3O5. The number of carboxylic acids is 1. The summed E-state index contributed by atoms with van der Waals surface area (Å²) in [5, 5.41) is 15.2. The van der Waals surface area contributed by atoms with Crippen LogP contribution in [-0.2, 0) is 4.79 Å². The van der Waals surface area contributed by atoms with E-state index in [-0.39, 0.29) is 12.8 Å². The second-order valence-corrected chi connectivity index (χ2v) is 10.7. The number of carbonyl (C=O) groups excluding carboxylic acids is 1. The van der Waals surface area contributed by atoms with Crippen molar-refractivity contribution in [3.05, 3.63) is 41.7 Å². The van der Waals surface area contributed by atoms with E-state index < -0.39 is 29.7 Å². The maximum Gasteiger partial charge on any atom is 0.323 e. The Morgan fingerprint density at radius 3 is 2.54 bits per heavy atom. The van der Waals surface area contributed by atoms with Crippen molar-refractivity contribution in [3.63, 3.8) is 0 Å². The van der Waals surface area contributed by atoms with Crippen LogP contribution in [-0.4, -0.2) is 36.5 Å². The number of fused-ring (bicyclic) bond motifs is 1. The van der Waals surface area contributed by atoms with Crippen molar-refractivity contribution in [1.82, 2.24) is 0 Å². The third-order valence-electron chi connectivity index (χ3n) is 7.39. The zero-order valence-electron chi connectivity index (χ0n) is 21.3. The highest BCUT2D eigenvalue weighted by Crippen LogP contribution is 2.50. The molecule has 2 aromatic rings.